The van der Waals surface area contributed by atoms with E-state index in [0.717, 1.165) is 43.9 Å². The van der Waals surface area contributed by atoms with E-state index in [1.807, 2.05) is 44.2 Å². The van der Waals surface area contributed by atoms with Crippen LogP contribution in [0.3, 0.4) is 0 Å². The number of imidazole rings is 1. The minimum Gasteiger partial charge on any atom is -0.331 e. The Hall–Kier alpha value is -2.38. The molecule has 1 aromatic carbocycles. The lowest BCUT2D eigenvalue weighted by Gasteiger charge is -2.02. The Kier molecular flexibility index (Phi) is 4.19. The molecule has 0 fully saturated rings. The Balaban J connectivity index is 1.66. The molecule has 0 saturated carbocycles. The first-order valence-electron chi connectivity index (χ1n) is 7.72. The highest BCUT2D eigenvalue weighted by atomic mass is 35.5. The molecule has 4 rings (SSSR count). The maximum atomic E-state index is 6.04. The third kappa shape index (κ3) is 3.25. The van der Waals surface area contributed by atoms with Crippen LogP contribution in [0.5, 0.6) is 0 Å². The van der Waals surface area contributed by atoms with Crippen molar-refractivity contribution in [2.24, 2.45) is 0 Å². The van der Waals surface area contributed by atoms with E-state index in [1.54, 1.807) is 22.6 Å². The molecule has 126 valence electrons. The molecule has 6 nitrogen and oxygen atoms in total. The zero-order valence-electron chi connectivity index (χ0n) is 13.7. The van der Waals surface area contributed by atoms with Crippen LogP contribution in [0, 0.1) is 13.8 Å². The number of nitrogens with one attached hydrogen (secondary N) is 1. The molecule has 0 amide bonds. The molecule has 3 aromatic heterocycles. The minimum absolute atomic E-state index is 0.633. The van der Waals surface area contributed by atoms with Crippen molar-refractivity contribution in [3.8, 4) is 5.82 Å². The molecule has 0 spiro atoms. The third-order valence-electron chi connectivity index (χ3n) is 3.74. The van der Waals surface area contributed by atoms with Gasteiger partial charge in [0.15, 0.2) is 5.16 Å². The average Bonchev–Trinajstić information content (AvgIpc) is 3.15. The van der Waals surface area contributed by atoms with Crippen molar-refractivity contribution >= 4 is 34.4 Å². The van der Waals surface area contributed by atoms with E-state index in [2.05, 4.69) is 25.3 Å². The zero-order valence-corrected chi connectivity index (χ0v) is 15.3. The van der Waals surface area contributed by atoms with Crippen molar-refractivity contribution in [3.63, 3.8) is 0 Å². The largest absolute Gasteiger partial charge is 0.331 e. The second kappa shape index (κ2) is 6.50. The molecule has 0 saturated heterocycles. The van der Waals surface area contributed by atoms with Gasteiger partial charge in [-0.2, -0.15) is 10.2 Å². The second-order valence-corrected chi connectivity index (χ2v) is 7.13. The van der Waals surface area contributed by atoms with Gasteiger partial charge < -0.3 is 4.98 Å². The highest BCUT2D eigenvalue weighted by Crippen LogP contribution is 2.26. The van der Waals surface area contributed by atoms with Crippen LogP contribution >= 0.6 is 23.4 Å². The molecule has 0 aliphatic heterocycles. The molecule has 0 radical (unpaired) electrons. The summed E-state index contributed by atoms with van der Waals surface area (Å²) in [6.45, 7) is 3.94. The van der Waals surface area contributed by atoms with Gasteiger partial charge in [-0.25, -0.2) is 9.67 Å². The Labute approximate surface area is 153 Å². The number of benzene rings is 1. The fourth-order valence-corrected chi connectivity index (χ4v) is 3.68. The topological polar surface area (TPSA) is 72.3 Å². The number of halogens is 1. The highest BCUT2D eigenvalue weighted by molar-refractivity contribution is 7.98. The number of aromatic nitrogens is 6. The molecule has 0 atom stereocenters. The maximum Gasteiger partial charge on any atom is 0.204 e. The smallest absolute Gasteiger partial charge is 0.204 e. The van der Waals surface area contributed by atoms with E-state index in [-0.39, 0.29) is 0 Å². The Morgan fingerprint density at radius 2 is 2.12 bits per heavy atom. The van der Waals surface area contributed by atoms with Crippen LogP contribution in [0.1, 0.15) is 17.0 Å². The zero-order chi connectivity index (χ0) is 17.4. The molecule has 0 aliphatic rings. The lowest BCUT2D eigenvalue weighted by Crippen LogP contribution is -2.04. The quantitative estimate of drug-likeness (QED) is 0.547. The predicted octanol–water partition coefficient (Wildman–Crippen LogP) is 4.10. The number of hydrogen-bond acceptors (Lipinski definition) is 5. The summed E-state index contributed by atoms with van der Waals surface area (Å²) < 4.78 is 1.77. The van der Waals surface area contributed by atoms with Crippen LogP contribution in [-0.2, 0) is 5.75 Å². The molecule has 25 heavy (non-hydrogen) atoms. The Bertz CT molecular complexity index is 1050. The second-order valence-electron chi connectivity index (χ2n) is 5.73. The predicted molar refractivity (Wildman–Crippen MR) is 99.3 cm³/mol. The monoisotopic (exact) mass is 370 g/mol. The van der Waals surface area contributed by atoms with Gasteiger partial charge in [-0.05, 0) is 37.6 Å². The van der Waals surface area contributed by atoms with E-state index >= 15 is 0 Å². The first-order chi connectivity index (χ1) is 12.1. The van der Waals surface area contributed by atoms with Crippen molar-refractivity contribution in [2.75, 3.05) is 0 Å². The normalized spacial score (nSPS) is 11.3. The molecular formula is C17H15ClN6S. The standard InChI is InChI=1S/C17H15ClN6S/c1-10-6-11(2)24(23-10)16-15-14(8-19-22-16)20-17(21-15)25-9-12-4-3-5-13(18)7-12/h3-8H,9H2,1-2H3,(H,20,21). The molecule has 1 N–H and O–H groups in total. The summed E-state index contributed by atoms with van der Waals surface area (Å²) in [5.74, 6) is 1.41. The van der Waals surface area contributed by atoms with Crippen molar-refractivity contribution in [2.45, 2.75) is 24.8 Å². The molecular weight excluding hydrogens is 356 g/mol. The summed E-state index contributed by atoms with van der Waals surface area (Å²) >= 11 is 7.65. The highest BCUT2D eigenvalue weighted by Gasteiger charge is 2.14. The van der Waals surface area contributed by atoms with Crippen LogP contribution in [0.4, 0.5) is 0 Å². The Morgan fingerprint density at radius 1 is 1.24 bits per heavy atom. The number of aryl methyl sites for hydroxylation is 2. The molecule has 8 heteroatoms. The van der Waals surface area contributed by atoms with Gasteiger partial charge in [0.1, 0.15) is 5.52 Å². The Morgan fingerprint density at radius 3 is 2.88 bits per heavy atom. The van der Waals surface area contributed by atoms with Crippen molar-refractivity contribution < 1.29 is 0 Å². The van der Waals surface area contributed by atoms with Crippen LogP contribution in [0.15, 0.2) is 41.7 Å². The third-order valence-corrected chi connectivity index (χ3v) is 4.92. The van der Waals surface area contributed by atoms with Crippen molar-refractivity contribution in [1.82, 2.24) is 29.9 Å². The van der Waals surface area contributed by atoms with Crippen LogP contribution < -0.4 is 0 Å². The van der Waals surface area contributed by atoms with Crippen LogP contribution in [0.2, 0.25) is 5.02 Å². The van der Waals surface area contributed by atoms with Gasteiger partial charge in [-0.1, -0.05) is 35.5 Å². The number of hydrogen-bond donors (Lipinski definition) is 1. The lowest BCUT2D eigenvalue weighted by atomic mass is 10.2. The summed E-state index contributed by atoms with van der Waals surface area (Å²) in [6.07, 6.45) is 1.68. The van der Waals surface area contributed by atoms with E-state index in [0.29, 0.717) is 5.82 Å². The number of fused-ring (bicyclic) bond motifs is 1. The first-order valence-corrected chi connectivity index (χ1v) is 9.09. The number of aromatic amines is 1. The van der Waals surface area contributed by atoms with Gasteiger partial charge in [0.2, 0.25) is 5.82 Å². The van der Waals surface area contributed by atoms with Gasteiger partial charge in [-0.3, -0.25) is 0 Å². The van der Waals surface area contributed by atoms with Gasteiger partial charge in [-0.15, -0.1) is 5.10 Å². The van der Waals surface area contributed by atoms with Gasteiger partial charge in [0.25, 0.3) is 0 Å². The fourth-order valence-electron chi connectivity index (χ4n) is 2.65. The SMILES string of the molecule is Cc1cc(C)n(-c2nncc3[nH]c(SCc4cccc(Cl)c4)nc23)n1. The lowest BCUT2D eigenvalue weighted by molar-refractivity contribution is 0.789. The van der Waals surface area contributed by atoms with Gasteiger partial charge in [0, 0.05) is 16.5 Å². The van der Waals surface area contributed by atoms with Crippen molar-refractivity contribution in [3.05, 3.63) is 58.5 Å². The summed E-state index contributed by atoms with van der Waals surface area (Å²) in [5, 5.41) is 14.3. The van der Waals surface area contributed by atoms with E-state index < -0.39 is 0 Å². The average molecular weight is 371 g/mol. The number of rotatable bonds is 4. The van der Waals surface area contributed by atoms with Crippen LogP contribution in [-0.4, -0.2) is 29.9 Å². The van der Waals surface area contributed by atoms with E-state index in [9.17, 15) is 0 Å². The summed E-state index contributed by atoms with van der Waals surface area (Å²) in [5.41, 5.74) is 4.67. The molecule has 0 unspecified atom stereocenters. The van der Waals surface area contributed by atoms with Gasteiger partial charge >= 0.3 is 0 Å². The molecule has 0 bridgehead atoms. The first kappa shape index (κ1) is 16.1. The number of thioether (sulfide) groups is 1. The van der Waals surface area contributed by atoms with E-state index in [1.165, 1.54) is 0 Å². The van der Waals surface area contributed by atoms with Crippen molar-refractivity contribution in [1.29, 1.82) is 0 Å². The number of nitrogens with zero attached hydrogens (tertiary/aromatic N) is 5. The minimum atomic E-state index is 0.633. The summed E-state index contributed by atoms with van der Waals surface area (Å²) in [7, 11) is 0. The summed E-state index contributed by atoms with van der Waals surface area (Å²) in [4.78, 5) is 7.98. The molecule has 4 aromatic rings. The summed E-state index contributed by atoms with van der Waals surface area (Å²) in [6, 6.07) is 9.83. The number of H-pyrrole nitrogens is 1. The maximum absolute atomic E-state index is 6.04. The van der Waals surface area contributed by atoms with Gasteiger partial charge in [0.05, 0.1) is 17.4 Å². The fraction of sp³-hybridized carbons (Fsp3) is 0.176. The molecule has 0 aliphatic carbocycles. The van der Waals surface area contributed by atoms with Crippen LogP contribution in [0.25, 0.3) is 16.9 Å². The molecule has 3 heterocycles. The van der Waals surface area contributed by atoms with E-state index in [4.69, 9.17) is 11.6 Å².